The molecule has 1 N–H and O–H groups in total. The summed E-state index contributed by atoms with van der Waals surface area (Å²) in [5, 5.41) is 0. The van der Waals surface area contributed by atoms with Gasteiger partial charge in [-0.3, -0.25) is 0 Å². The van der Waals surface area contributed by atoms with E-state index in [1.54, 1.807) is 12.0 Å². The lowest BCUT2D eigenvalue weighted by atomic mass is 11.2. The molecule has 0 saturated carbocycles. The zero-order chi connectivity index (χ0) is 9.12. The predicted molar refractivity (Wildman–Crippen MR) is 53.3 cm³/mol. The minimum absolute atomic E-state index is 1.43. The topological polar surface area (TPSA) is 29.5 Å². The van der Waals surface area contributed by atoms with Crippen molar-refractivity contribution in [2.45, 2.75) is 32.7 Å². The van der Waals surface area contributed by atoms with Crippen LogP contribution >= 0.6 is 0 Å². The van der Waals surface area contributed by atoms with E-state index >= 15 is 0 Å². The lowest BCUT2D eigenvalue weighted by Gasteiger charge is -2.16. The summed E-state index contributed by atoms with van der Waals surface area (Å²) >= 11 is 0. The second-order valence-corrected chi connectivity index (χ2v) is 12.3. The summed E-state index contributed by atoms with van der Waals surface area (Å²) in [6, 6.07) is 0. The van der Waals surface area contributed by atoms with Crippen molar-refractivity contribution in [2.75, 3.05) is 0 Å². The first kappa shape index (κ1) is 10.9. The van der Waals surface area contributed by atoms with Gasteiger partial charge in [-0.25, -0.2) is 0 Å². The molecule has 2 nitrogen and oxygen atoms in total. The van der Waals surface area contributed by atoms with Gasteiger partial charge in [-0.05, 0) is 38.4 Å². The molecule has 66 valence electrons. The van der Waals surface area contributed by atoms with Crippen LogP contribution in [0.4, 0.5) is 0 Å². The molecule has 0 aliphatic rings. The van der Waals surface area contributed by atoms with Crippen molar-refractivity contribution in [3.05, 3.63) is 12.0 Å². The summed E-state index contributed by atoms with van der Waals surface area (Å²) < 4.78 is 5.44. The van der Waals surface area contributed by atoms with Crippen molar-refractivity contribution in [1.82, 2.24) is 0 Å². The molecule has 4 heteroatoms. The molecule has 11 heavy (non-hydrogen) atoms. The van der Waals surface area contributed by atoms with E-state index in [1.165, 1.54) is 0 Å². The van der Waals surface area contributed by atoms with Gasteiger partial charge in [0.2, 0.25) is 16.6 Å². The molecule has 0 rings (SSSR count). The van der Waals surface area contributed by atoms with Gasteiger partial charge in [0.1, 0.15) is 0 Å². The summed E-state index contributed by atoms with van der Waals surface area (Å²) in [6.45, 7) is 10.1. The van der Waals surface area contributed by atoms with Gasteiger partial charge < -0.3 is 9.22 Å². The first-order chi connectivity index (χ1) is 4.71. The normalized spacial score (nSPS) is 14.0. The van der Waals surface area contributed by atoms with Crippen LogP contribution in [0.15, 0.2) is 12.0 Å². The second kappa shape index (κ2) is 3.56. The molecule has 0 heterocycles. The molecule has 0 aromatic rings. The van der Waals surface area contributed by atoms with Crippen molar-refractivity contribution in [2.24, 2.45) is 0 Å². The Hall–Kier alpha value is -0.0662. The molecule has 0 aliphatic heterocycles. The van der Waals surface area contributed by atoms with Gasteiger partial charge >= 0.3 is 0 Å². The Morgan fingerprint density at radius 1 is 1.09 bits per heavy atom. The monoisotopic (exact) mass is 190 g/mol. The van der Waals surface area contributed by atoms with E-state index in [0.29, 0.717) is 0 Å². The smallest absolute Gasteiger partial charge is 0.241 e. The van der Waals surface area contributed by atoms with Crippen LogP contribution in [-0.4, -0.2) is 21.4 Å². The van der Waals surface area contributed by atoms with Gasteiger partial charge in [0.05, 0.1) is 6.26 Å². The van der Waals surface area contributed by atoms with Gasteiger partial charge in [-0.2, -0.15) is 0 Å². The Balaban J connectivity index is 3.80. The molecular formula is C7H18O2Si2. The Bertz CT molecular complexity index is 142. The average Bonchev–Trinajstić information content (AvgIpc) is 1.55. The zero-order valence-corrected chi connectivity index (χ0v) is 10.0. The van der Waals surface area contributed by atoms with Crippen LogP contribution < -0.4 is 0 Å². The fraction of sp³-hybridized carbons (Fsp3) is 0.714. The maximum atomic E-state index is 9.40. The lowest BCUT2D eigenvalue weighted by Crippen LogP contribution is -2.25. The molecule has 0 bridgehead atoms. The molecule has 0 aromatic heterocycles. The molecule has 0 aliphatic carbocycles. The third kappa shape index (κ3) is 9.93. The van der Waals surface area contributed by atoms with E-state index in [1.807, 2.05) is 13.1 Å². The summed E-state index contributed by atoms with van der Waals surface area (Å²) in [4.78, 5) is 9.40. The standard InChI is InChI=1S/C7H18O2Si2/c1-10(2,3)9-6-7-11(4,5)8/h6-8H,1-5H3. The number of rotatable bonds is 3. The van der Waals surface area contributed by atoms with Gasteiger partial charge in [-0.1, -0.05) is 0 Å². The highest BCUT2D eigenvalue weighted by molar-refractivity contribution is 6.75. The van der Waals surface area contributed by atoms with E-state index in [2.05, 4.69) is 19.6 Å². The fourth-order valence-corrected chi connectivity index (χ4v) is 1.42. The van der Waals surface area contributed by atoms with Gasteiger partial charge in [0.15, 0.2) is 0 Å². The van der Waals surface area contributed by atoms with Crippen molar-refractivity contribution >= 4 is 16.6 Å². The Labute approximate surface area is 71.2 Å². The summed E-state index contributed by atoms with van der Waals surface area (Å²) in [6.07, 6.45) is 1.67. The molecular weight excluding hydrogens is 172 g/mol. The van der Waals surface area contributed by atoms with E-state index in [9.17, 15) is 4.80 Å². The van der Waals surface area contributed by atoms with Gasteiger partial charge in [0, 0.05) is 0 Å². The molecule has 0 radical (unpaired) electrons. The predicted octanol–water partition coefficient (Wildman–Crippen LogP) is 2.09. The summed E-state index contributed by atoms with van der Waals surface area (Å²) in [7, 11) is -3.47. The van der Waals surface area contributed by atoms with Gasteiger partial charge in [-0.15, -0.1) is 0 Å². The van der Waals surface area contributed by atoms with Crippen LogP contribution in [-0.2, 0) is 4.43 Å². The Morgan fingerprint density at radius 2 is 1.55 bits per heavy atom. The molecule has 0 aromatic carbocycles. The molecule has 0 amide bonds. The van der Waals surface area contributed by atoms with E-state index < -0.39 is 16.6 Å². The molecule has 0 saturated heterocycles. The van der Waals surface area contributed by atoms with Crippen molar-refractivity contribution in [3.63, 3.8) is 0 Å². The van der Waals surface area contributed by atoms with E-state index in [4.69, 9.17) is 4.43 Å². The SMILES string of the molecule is C[Si](C)(O)C=CO[Si](C)(C)C. The Morgan fingerprint density at radius 3 is 1.82 bits per heavy atom. The highest BCUT2D eigenvalue weighted by atomic mass is 28.4. The van der Waals surface area contributed by atoms with E-state index in [0.717, 1.165) is 0 Å². The lowest BCUT2D eigenvalue weighted by molar-refractivity contribution is 0.477. The first-order valence-electron chi connectivity index (χ1n) is 3.79. The van der Waals surface area contributed by atoms with Crippen molar-refractivity contribution in [3.8, 4) is 0 Å². The van der Waals surface area contributed by atoms with Crippen molar-refractivity contribution in [1.29, 1.82) is 0 Å². The molecule has 0 fully saturated rings. The third-order valence-electron chi connectivity index (χ3n) is 0.898. The first-order valence-corrected chi connectivity index (χ1v) is 10.2. The van der Waals surface area contributed by atoms with Crippen molar-refractivity contribution < 1.29 is 9.22 Å². The minimum atomic E-state index is -2.04. The molecule has 0 unspecified atom stereocenters. The van der Waals surface area contributed by atoms with Crippen LogP contribution in [0.1, 0.15) is 0 Å². The van der Waals surface area contributed by atoms with E-state index in [-0.39, 0.29) is 0 Å². The largest absolute Gasteiger partial charge is 0.550 e. The van der Waals surface area contributed by atoms with Gasteiger partial charge in [0.25, 0.3) is 0 Å². The Kier molecular flexibility index (Phi) is 3.53. The van der Waals surface area contributed by atoms with Crippen LogP contribution in [0.3, 0.4) is 0 Å². The van der Waals surface area contributed by atoms with Crippen LogP contribution in [0.25, 0.3) is 0 Å². The molecule has 0 atom stereocenters. The highest BCUT2D eigenvalue weighted by Gasteiger charge is 2.15. The minimum Gasteiger partial charge on any atom is -0.550 e. The number of hydrogen-bond acceptors (Lipinski definition) is 2. The van der Waals surface area contributed by atoms with Crippen LogP contribution in [0, 0.1) is 0 Å². The highest BCUT2D eigenvalue weighted by Crippen LogP contribution is 2.05. The maximum absolute atomic E-state index is 9.40. The number of hydrogen-bond donors (Lipinski definition) is 1. The molecule has 0 spiro atoms. The summed E-state index contributed by atoms with van der Waals surface area (Å²) in [5.74, 6) is 0. The maximum Gasteiger partial charge on any atom is 0.241 e. The quantitative estimate of drug-likeness (QED) is 0.545. The van der Waals surface area contributed by atoms with Crippen LogP contribution in [0.2, 0.25) is 32.7 Å². The average molecular weight is 190 g/mol. The third-order valence-corrected chi connectivity index (χ3v) is 2.69. The second-order valence-electron chi connectivity index (χ2n) is 4.19. The zero-order valence-electron chi connectivity index (χ0n) is 8.01. The van der Waals surface area contributed by atoms with Crippen LogP contribution in [0.5, 0.6) is 0 Å². The summed E-state index contributed by atoms with van der Waals surface area (Å²) in [5.41, 5.74) is 1.80. The fourth-order valence-electron chi connectivity index (χ4n) is 0.405.